The van der Waals surface area contributed by atoms with Gasteiger partial charge in [0.05, 0.1) is 12.3 Å². The summed E-state index contributed by atoms with van der Waals surface area (Å²) in [4.78, 5) is 4.50. The van der Waals surface area contributed by atoms with Gasteiger partial charge in [-0.2, -0.15) is 0 Å². The van der Waals surface area contributed by atoms with Gasteiger partial charge in [0.2, 0.25) is 0 Å². The second kappa shape index (κ2) is 7.68. The van der Waals surface area contributed by atoms with Crippen LogP contribution >= 0.6 is 23.4 Å². The van der Waals surface area contributed by atoms with Gasteiger partial charge in [-0.3, -0.25) is 0 Å². The summed E-state index contributed by atoms with van der Waals surface area (Å²) in [7, 11) is 0. The molecule has 0 saturated carbocycles. The number of aromatic nitrogens is 2. The minimum atomic E-state index is -0.0541. The van der Waals surface area contributed by atoms with E-state index in [1.165, 1.54) is 5.56 Å². The van der Waals surface area contributed by atoms with Gasteiger partial charge in [0, 0.05) is 23.5 Å². The zero-order chi connectivity index (χ0) is 16.1. The predicted molar refractivity (Wildman–Crippen MR) is 94.7 cm³/mol. The number of aliphatic hydroxyl groups excluding tert-OH is 1. The molecule has 0 radical (unpaired) electrons. The summed E-state index contributed by atoms with van der Waals surface area (Å²) < 4.78 is 2.07. The summed E-state index contributed by atoms with van der Waals surface area (Å²) in [6.45, 7) is 0.681. The van der Waals surface area contributed by atoms with Gasteiger partial charge in [-0.25, -0.2) is 4.98 Å². The first-order valence-corrected chi connectivity index (χ1v) is 8.69. The fraction of sp³-hybridized carbons (Fsp3) is 0.167. The molecule has 0 unspecified atom stereocenters. The van der Waals surface area contributed by atoms with Gasteiger partial charge in [-0.15, -0.1) is 0 Å². The van der Waals surface area contributed by atoms with Crippen LogP contribution < -0.4 is 0 Å². The lowest BCUT2D eigenvalue weighted by Crippen LogP contribution is -2.00. The highest BCUT2D eigenvalue weighted by molar-refractivity contribution is 7.98. The standard InChI is InChI=1S/C18H17ClN2OS/c19-17-9-5-4-8-15(17)13-23-18-20-16(12-22)11-21(18)10-14-6-2-1-3-7-14/h1-9,11,22H,10,12-13H2. The van der Waals surface area contributed by atoms with Crippen molar-refractivity contribution in [2.45, 2.75) is 24.1 Å². The van der Waals surface area contributed by atoms with Gasteiger partial charge >= 0.3 is 0 Å². The van der Waals surface area contributed by atoms with Crippen LogP contribution in [0.3, 0.4) is 0 Å². The first-order chi connectivity index (χ1) is 11.3. The van der Waals surface area contributed by atoms with E-state index in [2.05, 4.69) is 21.7 Å². The number of aliphatic hydroxyl groups is 1. The first-order valence-electron chi connectivity index (χ1n) is 7.33. The van der Waals surface area contributed by atoms with E-state index in [0.717, 1.165) is 28.0 Å². The Morgan fingerprint density at radius 3 is 2.52 bits per heavy atom. The van der Waals surface area contributed by atoms with Crippen LogP contribution in [0, 0.1) is 0 Å². The molecule has 0 amide bonds. The minimum absolute atomic E-state index is 0.0541. The Kier molecular flexibility index (Phi) is 5.39. The van der Waals surface area contributed by atoms with E-state index in [4.69, 9.17) is 11.6 Å². The highest BCUT2D eigenvalue weighted by atomic mass is 35.5. The maximum Gasteiger partial charge on any atom is 0.168 e. The summed E-state index contributed by atoms with van der Waals surface area (Å²) in [5, 5.41) is 11.0. The minimum Gasteiger partial charge on any atom is -0.390 e. The van der Waals surface area contributed by atoms with Gasteiger partial charge in [0.15, 0.2) is 5.16 Å². The molecule has 0 spiro atoms. The van der Waals surface area contributed by atoms with Crippen molar-refractivity contribution in [2.24, 2.45) is 0 Å². The number of thioether (sulfide) groups is 1. The van der Waals surface area contributed by atoms with Crippen LogP contribution in [0.4, 0.5) is 0 Å². The summed E-state index contributed by atoms with van der Waals surface area (Å²) >= 11 is 7.84. The largest absolute Gasteiger partial charge is 0.390 e. The van der Waals surface area contributed by atoms with Crippen LogP contribution in [0.1, 0.15) is 16.8 Å². The molecule has 118 valence electrons. The van der Waals surface area contributed by atoms with Gasteiger partial charge in [-0.05, 0) is 17.2 Å². The number of rotatable bonds is 6. The van der Waals surface area contributed by atoms with E-state index in [9.17, 15) is 5.11 Å². The Hall–Kier alpha value is -1.75. The van der Waals surface area contributed by atoms with Crippen molar-refractivity contribution < 1.29 is 5.11 Å². The predicted octanol–water partition coefficient (Wildman–Crippen LogP) is 4.37. The molecular weight excluding hydrogens is 328 g/mol. The van der Waals surface area contributed by atoms with E-state index in [1.54, 1.807) is 11.8 Å². The first kappa shape index (κ1) is 16.1. The van der Waals surface area contributed by atoms with Gasteiger partial charge in [-0.1, -0.05) is 71.9 Å². The van der Waals surface area contributed by atoms with Crippen molar-refractivity contribution in [1.29, 1.82) is 0 Å². The second-order valence-electron chi connectivity index (χ2n) is 5.17. The third-order valence-corrected chi connectivity index (χ3v) is 4.87. The lowest BCUT2D eigenvalue weighted by Gasteiger charge is -2.08. The summed E-state index contributed by atoms with van der Waals surface area (Å²) in [5.74, 6) is 0.746. The molecule has 0 aliphatic carbocycles. The van der Waals surface area contributed by atoms with Gasteiger partial charge in [0.25, 0.3) is 0 Å². The van der Waals surface area contributed by atoms with Crippen molar-refractivity contribution in [3.05, 3.63) is 82.6 Å². The highest BCUT2D eigenvalue weighted by Gasteiger charge is 2.10. The quantitative estimate of drug-likeness (QED) is 0.675. The molecule has 0 bridgehead atoms. The molecule has 0 aliphatic rings. The average molecular weight is 345 g/mol. The zero-order valence-corrected chi connectivity index (χ0v) is 14.1. The molecule has 0 saturated heterocycles. The summed E-state index contributed by atoms with van der Waals surface area (Å²) in [6, 6.07) is 18.0. The fourth-order valence-electron chi connectivity index (χ4n) is 2.29. The van der Waals surface area contributed by atoms with Crippen LogP contribution in [0.2, 0.25) is 5.02 Å². The molecule has 3 aromatic rings. The van der Waals surface area contributed by atoms with Crippen molar-refractivity contribution in [3.8, 4) is 0 Å². The van der Waals surface area contributed by atoms with Crippen LogP contribution in [0.15, 0.2) is 66.0 Å². The number of benzene rings is 2. The summed E-state index contributed by atoms with van der Waals surface area (Å²) in [6.07, 6.45) is 1.90. The Bertz CT molecular complexity index is 774. The van der Waals surface area contributed by atoms with Crippen molar-refractivity contribution in [3.63, 3.8) is 0 Å². The van der Waals surface area contributed by atoms with E-state index in [1.807, 2.05) is 48.7 Å². The molecule has 0 fully saturated rings. The Labute approximate surface area is 144 Å². The lowest BCUT2D eigenvalue weighted by molar-refractivity contribution is 0.277. The third kappa shape index (κ3) is 4.16. The number of hydrogen-bond donors (Lipinski definition) is 1. The molecule has 0 atom stereocenters. The van der Waals surface area contributed by atoms with Crippen LogP contribution in [0.25, 0.3) is 0 Å². The van der Waals surface area contributed by atoms with Gasteiger partial charge in [0.1, 0.15) is 0 Å². The van der Waals surface area contributed by atoms with Crippen LogP contribution in [0.5, 0.6) is 0 Å². The zero-order valence-electron chi connectivity index (χ0n) is 12.5. The normalized spacial score (nSPS) is 10.9. The second-order valence-corrected chi connectivity index (χ2v) is 6.52. The molecule has 23 heavy (non-hydrogen) atoms. The van der Waals surface area contributed by atoms with Crippen molar-refractivity contribution >= 4 is 23.4 Å². The highest BCUT2D eigenvalue weighted by Crippen LogP contribution is 2.26. The molecular formula is C18H17ClN2OS. The Morgan fingerprint density at radius 2 is 1.78 bits per heavy atom. The molecule has 3 nitrogen and oxygen atoms in total. The van der Waals surface area contributed by atoms with Crippen molar-refractivity contribution in [2.75, 3.05) is 0 Å². The number of nitrogens with zero attached hydrogens (tertiary/aromatic N) is 2. The molecule has 0 aliphatic heterocycles. The summed E-state index contributed by atoms with van der Waals surface area (Å²) in [5.41, 5.74) is 2.97. The number of imidazole rings is 1. The monoisotopic (exact) mass is 344 g/mol. The van der Waals surface area contributed by atoms with E-state index >= 15 is 0 Å². The molecule has 1 N–H and O–H groups in total. The molecule has 1 aromatic heterocycles. The Morgan fingerprint density at radius 1 is 1.04 bits per heavy atom. The number of halogens is 1. The smallest absolute Gasteiger partial charge is 0.168 e. The van der Waals surface area contributed by atoms with E-state index < -0.39 is 0 Å². The fourth-order valence-corrected chi connectivity index (χ4v) is 3.58. The average Bonchev–Trinajstić information content (AvgIpc) is 2.97. The lowest BCUT2D eigenvalue weighted by atomic mass is 10.2. The van der Waals surface area contributed by atoms with Gasteiger partial charge < -0.3 is 9.67 Å². The topological polar surface area (TPSA) is 38.0 Å². The number of hydrogen-bond acceptors (Lipinski definition) is 3. The molecule has 5 heteroatoms. The molecule has 2 aromatic carbocycles. The van der Waals surface area contributed by atoms with Crippen LogP contribution in [-0.2, 0) is 18.9 Å². The molecule has 1 heterocycles. The van der Waals surface area contributed by atoms with Crippen molar-refractivity contribution in [1.82, 2.24) is 9.55 Å². The maximum atomic E-state index is 9.36. The molecule has 3 rings (SSSR count). The Balaban J connectivity index is 1.78. The van der Waals surface area contributed by atoms with E-state index in [-0.39, 0.29) is 6.61 Å². The third-order valence-electron chi connectivity index (χ3n) is 3.46. The van der Waals surface area contributed by atoms with Crippen LogP contribution in [-0.4, -0.2) is 14.7 Å². The maximum absolute atomic E-state index is 9.36. The SMILES string of the molecule is OCc1cn(Cc2ccccc2)c(SCc2ccccc2Cl)n1. The van der Waals surface area contributed by atoms with E-state index in [0.29, 0.717) is 5.69 Å².